The molecule has 1 unspecified atom stereocenters. The van der Waals surface area contributed by atoms with Crippen molar-refractivity contribution in [3.63, 3.8) is 0 Å². The highest BCUT2D eigenvalue weighted by Gasteiger charge is 2.32. The normalized spacial score (nSPS) is 21.0. The van der Waals surface area contributed by atoms with Gasteiger partial charge in [-0.15, -0.1) is 0 Å². The SMILES string of the molecule is CCCCCCCCCCCCO[C@H]1CNC[C@@H](OCCCCCCCCCCCC)C1O. The Hall–Kier alpha value is -0.160. The van der Waals surface area contributed by atoms with Crippen LogP contribution in [0.3, 0.4) is 0 Å². The van der Waals surface area contributed by atoms with E-state index in [2.05, 4.69) is 19.2 Å². The summed E-state index contributed by atoms with van der Waals surface area (Å²) in [5.41, 5.74) is 0. The van der Waals surface area contributed by atoms with E-state index in [0.717, 1.165) is 39.1 Å². The van der Waals surface area contributed by atoms with Crippen molar-refractivity contribution in [1.29, 1.82) is 0 Å². The Kier molecular flexibility index (Phi) is 22.1. The molecule has 198 valence electrons. The Balaban J connectivity index is 1.93. The van der Waals surface area contributed by atoms with Crippen LogP contribution < -0.4 is 5.32 Å². The van der Waals surface area contributed by atoms with E-state index < -0.39 is 6.10 Å². The molecule has 0 saturated carbocycles. The maximum atomic E-state index is 10.7. The molecule has 1 rings (SSSR count). The fourth-order valence-corrected chi connectivity index (χ4v) is 4.81. The number of piperidine rings is 1. The number of nitrogens with one attached hydrogen (secondary N) is 1. The first kappa shape index (κ1) is 30.9. The molecule has 0 aliphatic carbocycles. The van der Waals surface area contributed by atoms with Crippen molar-refractivity contribution < 1.29 is 14.6 Å². The lowest BCUT2D eigenvalue weighted by molar-refractivity contribution is -0.126. The van der Waals surface area contributed by atoms with Gasteiger partial charge >= 0.3 is 0 Å². The lowest BCUT2D eigenvalue weighted by Gasteiger charge is -2.35. The number of aliphatic hydroxyl groups is 1. The number of aliphatic hydroxyl groups excluding tert-OH is 1. The first-order chi connectivity index (χ1) is 16.3. The number of hydrogen-bond donors (Lipinski definition) is 2. The van der Waals surface area contributed by atoms with Gasteiger partial charge in [0, 0.05) is 26.3 Å². The summed E-state index contributed by atoms with van der Waals surface area (Å²) in [6, 6.07) is 0. The topological polar surface area (TPSA) is 50.7 Å². The molecule has 1 fully saturated rings. The Morgan fingerprint density at radius 3 is 1.15 bits per heavy atom. The van der Waals surface area contributed by atoms with Gasteiger partial charge in [-0.2, -0.15) is 0 Å². The second-order valence-corrected chi connectivity index (χ2v) is 10.3. The maximum absolute atomic E-state index is 10.7. The molecule has 3 atom stereocenters. The molecule has 0 radical (unpaired) electrons. The van der Waals surface area contributed by atoms with Gasteiger partial charge in [-0.1, -0.05) is 129 Å². The summed E-state index contributed by atoms with van der Waals surface area (Å²) in [5.74, 6) is 0. The van der Waals surface area contributed by atoms with Crippen molar-refractivity contribution in [2.24, 2.45) is 0 Å². The molecule has 0 spiro atoms. The summed E-state index contributed by atoms with van der Waals surface area (Å²) in [6.45, 7) is 7.53. The standard InChI is InChI=1S/C29H59NO3/c1-3-5-7-9-11-13-15-17-19-21-23-32-27-25-30-26-28(29(27)31)33-24-22-20-18-16-14-12-10-8-6-4-2/h27-31H,3-26H2,1-2H3/t27-,28+,29?. The third-order valence-electron chi connectivity index (χ3n) is 7.11. The third kappa shape index (κ3) is 17.9. The highest BCUT2D eigenvalue weighted by atomic mass is 16.5. The summed E-state index contributed by atoms with van der Waals surface area (Å²) in [4.78, 5) is 0. The van der Waals surface area contributed by atoms with Gasteiger partial charge in [0.1, 0.15) is 6.10 Å². The first-order valence-corrected chi connectivity index (χ1v) is 14.9. The van der Waals surface area contributed by atoms with E-state index >= 15 is 0 Å². The van der Waals surface area contributed by atoms with Crippen LogP contribution in [0.15, 0.2) is 0 Å². The molecule has 4 nitrogen and oxygen atoms in total. The van der Waals surface area contributed by atoms with E-state index in [0.29, 0.717) is 0 Å². The van der Waals surface area contributed by atoms with Crippen LogP contribution in [-0.2, 0) is 9.47 Å². The molecule has 0 bridgehead atoms. The quantitative estimate of drug-likeness (QED) is 0.143. The molecule has 1 heterocycles. The minimum Gasteiger partial charge on any atom is -0.388 e. The summed E-state index contributed by atoms with van der Waals surface area (Å²) < 4.78 is 12.0. The molecule has 1 saturated heterocycles. The zero-order valence-corrected chi connectivity index (χ0v) is 22.5. The fraction of sp³-hybridized carbons (Fsp3) is 1.00. The predicted molar refractivity (Wildman–Crippen MR) is 142 cm³/mol. The van der Waals surface area contributed by atoms with E-state index in [1.54, 1.807) is 0 Å². The Morgan fingerprint density at radius 2 is 0.818 bits per heavy atom. The van der Waals surface area contributed by atoms with Crippen molar-refractivity contribution in [2.75, 3.05) is 26.3 Å². The van der Waals surface area contributed by atoms with Gasteiger partial charge in [0.05, 0.1) is 12.2 Å². The fourth-order valence-electron chi connectivity index (χ4n) is 4.81. The van der Waals surface area contributed by atoms with E-state index in [9.17, 15) is 5.11 Å². The molecule has 0 aromatic heterocycles. The van der Waals surface area contributed by atoms with Crippen LogP contribution in [0.5, 0.6) is 0 Å². The Labute approximate surface area is 207 Å². The van der Waals surface area contributed by atoms with Crippen LogP contribution in [-0.4, -0.2) is 49.7 Å². The van der Waals surface area contributed by atoms with Gasteiger partial charge in [0.2, 0.25) is 0 Å². The largest absolute Gasteiger partial charge is 0.388 e. The minimum atomic E-state index is -0.502. The molecule has 4 heteroatoms. The number of unbranched alkanes of at least 4 members (excludes halogenated alkanes) is 18. The van der Waals surface area contributed by atoms with Crippen molar-refractivity contribution in [3.8, 4) is 0 Å². The molecule has 33 heavy (non-hydrogen) atoms. The second kappa shape index (κ2) is 23.6. The van der Waals surface area contributed by atoms with Crippen LogP contribution in [0.4, 0.5) is 0 Å². The number of rotatable bonds is 24. The van der Waals surface area contributed by atoms with Gasteiger partial charge in [-0.3, -0.25) is 0 Å². The number of ether oxygens (including phenoxy) is 2. The summed E-state index contributed by atoms with van der Waals surface area (Å²) >= 11 is 0. The van der Waals surface area contributed by atoms with E-state index in [1.165, 1.54) is 116 Å². The lowest BCUT2D eigenvalue weighted by atomic mass is 10.0. The van der Waals surface area contributed by atoms with Crippen molar-refractivity contribution in [3.05, 3.63) is 0 Å². The second-order valence-electron chi connectivity index (χ2n) is 10.3. The maximum Gasteiger partial charge on any atom is 0.109 e. The highest BCUT2D eigenvalue weighted by molar-refractivity contribution is 4.86. The van der Waals surface area contributed by atoms with Crippen LogP contribution in [0.25, 0.3) is 0 Å². The summed E-state index contributed by atoms with van der Waals surface area (Å²) in [7, 11) is 0. The highest BCUT2D eigenvalue weighted by Crippen LogP contribution is 2.15. The monoisotopic (exact) mass is 469 g/mol. The van der Waals surface area contributed by atoms with Crippen molar-refractivity contribution >= 4 is 0 Å². The summed E-state index contributed by atoms with van der Waals surface area (Å²) in [6.07, 6.45) is 25.9. The van der Waals surface area contributed by atoms with E-state index in [-0.39, 0.29) is 12.2 Å². The van der Waals surface area contributed by atoms with Gasteiger partial charge in [-0.05, 0) is 12.8 Å². The third-order valence-corrected chi connectivity index (χ3v) is 7.11. The smallest absolute Gasteiger partial charge is 0.109 e. The van der Waals surface area contributed by atoms with Crippen LogP contribution >= 0.6 is 0 Å². The minimum absolute atomic E-state index is 0.130. The Bertz CT molecular complexity index is 359. The van der Waals surface area contributed by atoms with Crippen LogP contribution in [0.2, 0.25) is 0 Å². The molecule has 0 aromatic rings. The molecule has 1 aliphatic heterocycles. The first-order valence-electron chi connectivity index (χ1n) is 14.9. The van der Waals surface area contributed by atoms with Crippen molar-refractivity contribution in [2.45, 2.75) is 161 Å². The van der Waals surface area contributed by atoms with Crippen LogP contribution in [0.1, 0.15) is 142 Å². The van der Waals surface area contributed by atoms with Gasteiger partial charge in [0.25, 0.3) is 0 Å². The Morgan fingerprint density at radius 1 is 0.515 bits per heavy atom. The molecule has 0 aromatic carbocycles. The predicted octanol–water partition coefficient (Wildman–Crippen LogP) is 7.56. The zero-order valence-electron chi connectivity index (χ0n) is 22.5. The lowest BCUT2D eigenvalue weighted by Crippen LogP contribution is -2.55. The molecular formula is C29H59NO3. The molecule has 2 N–H and O–H groups in total. The zero-order chi connectivity index (χ0) is 23.8. The summed E-state index contributed by atoms with van der Waals surface area (Å²) in [5, 5.41) is 14.0. The van der Waals surface area contributed by atoms with E-state index in [1.807, 2.05) is 0 Å². The van der Waals surface area contributed by atoms with Crippen molar-refractivity contribution in [1.82, 2.24) is 5.32 Å². The van der Waals surface area contributed by atoms with E-state index in [4.69, 9.17) is 9.47 Å². The molecular weight excluding hydrogens is 410 g/mol. The van der Waals surface area contributed by atoms with Gasteiger partial charge < -0.3 is 19.9 Å². The van der Waals surface area contributed by atoms with Crippen LogP contribution in [0, 0.1) is 0 Å². The molecule has 1 aliphatic rings. The van der Waals surface area contributed by atoms with Gasteiger partial charge in [-0.25, -0.2) is 0 Å². The van der Waals surface area contributed by atoms with Gasteiger partial charge in [0.15, 0.2) is 0 Å². The average molecular weight is 470 g/mol. The average Bonchev–Trinajstić information content (AvgIpc) is 2.82. The molecule has 0 amide bonds. The number of hydrogen-bond acceptors (Lipinski definition) is 4.